The lowest BCUT2D eigenvalue weighted by Crippen LogP contribution is -2.44. The molecule has 2 rings (SSSR count). The summed E-state index contributed by atoms with van der Waals surface area (Å²) in [6.45, 7) is -0.353. The molecule has 1 aliphatic heterocycles. The van der Waals surface area contributed by atoms with Crippen molar-refractivity contribution in [3.8, 4) is 5.75 Å². The van der Waals surface area contributed by atoms with Crippen LogP contribution in [0.15, 0.2) is 18.2 Å². The molecule has 2 N–H and O–H groups in total. The Labute approximate surface area is 146 Å². The van der Waals surface area contributed by atoms with Crippen molar-refractivity contribution in [3.63, 3.8) is 0 Å². The Kier molecular flexibility index (Phi) is 6.27. The van der Waals surface area contributed by atoms with Crippen LogP contribution in [-0.4, -0.2) is 47.9 Å². The van der Waals surface area contributed by atoms with Crippen LogP contribution in [0.3, 0.4) is 0 Å². The van der Waals surface area contributed by atoms with E-state index in [0.29, 0.717) is 19.4 Å². The SMILES string of the molecule is O=C(O)C1CCCN(C(=O)Nc2ccc(F)cc2OCCC(F)(F)F)C1. The Morgan fingerprint density at radius 3 is 2.73 bits per heavy atom. The van der Waals surface area contributed by atoms with Crippen molar-refractivity contribution in [1.29, 1.82) is 0 Å². The Morgan fingerprint density at radius 1 is 1.35 bits per heavy atom. The van der Waals surface area contributed by atoms with Gasteiger partial charge in [-0.15, -0.1) is 0 Å². The molecule has 1 heterocycles. The number of likely N-dealkylation sites (tertiary alicyclic amines) is 1. The lowest BCUT2D eigenvalue weighted by atomic mass is 9.99. The van der Waals surface area contributed by atoms with Crippen LogP contribution in [0.25, 0.3) is 0 Å². The molecular formula is C16H18F4N2O4. The number of halogens is 4. The van der Waals surface area contributed by atoms with Gasteiger partial charge in [0.2, 0.25) is 0 Å². The number of benzene rings is 1. The number of alkyl halides is 3. The first-order valence-electron chi connectivity index (χ1n) is 7.93. The summed E-state index contributed by atoms with van der Waals surface area (Å²) in [5.74, 6) is -2.63. The van der Waals surface area contributed by atoms with Crippen molar-refractivity contribution in [3.05, 3.63) is 24.0 Å². The van der Waals surface area contributed by atoms with Crippen molar-refractivity contribution in [2.75, 3.05) is 25.0 Å². The summed E-state index contributed by atoms with van der Waals surface area (Å²) in [6, 6.07) is 2.46. The van der Waals surface area contributed by atoms with Gasteiger partial charge in [0.15, 0.2) is 0 Å². The molecule has 1 saturated heterocycles. The van der Waals surface area contributed by atoms with Crippen LogP contribution < -0.4 is 10.1 Å². The van der Waals surface area contributed by atoms with E-state index in [0.717, 1.165) is 12.1 Å². The summed E-state index contributed by atoms with van der Waals surface area (Å²) in [6.07, 6.45) is -4.66. The molecule has 1 fully saturated rings. The predicted molar refractivity (Wildman–Crippen MR) is 83.5 cm³/mol. The van der Waals surface area contributed by atoms with E-state index >= 15 is 0 Å². The third-order valence-electron chi connectivity index (χ3n) is 3.89. The van der Waals surface area contributed by atoms with Crippen molar-refractivity contribution >= 4 is 17.7 Å². The molecule has 0 saturated carbocycles. The third kappa shape index (κ3) is 5.78. The van der Waals surface area contributed by atoms with Gasteiger partial charge in [0, 0.05) is 19.2 Å². The van der Waals surface area contributed by atoms with Crippen LogP contribution >= 0.6 is 0 Å². The minimum atomic E-state index is -4.42. The van der Waals surface area contributed by atoms with Gasteiger partial charge in [0.25, 0.3) is 0 Å². The van der Waals surface area contributed by atoms with Crippen molar-refractivity contribution in [1.82, 2.24) is 4.90 Å². The fourth-order valence-corrected chi connectivity index (χ4v) is 2.55. The zero-order valence-electron chi connectivity index (χ0n) is 13.7. The number of nitrogens with one attached hydrogen (secondary N) is 1. The molecule has 6 nitrogen and oxygen atoms in total. The number of carbonyl (C=O) groups excluding carboxylic acids is 1. The van der Waals surface area contributed by atoms with Crippen LogP contribution in [0.5, 0.6) is 5.75 Å². The summed E-state index contributed by atoms with van der Waals surface area (Å²) in [7, 11) is 0. The monoisotopic (exact) mass is 378 g/mol. The number of carboxylic acids is 1. The molecule has 10 heteroatoms. The highest BCUT2D eigenvalue weighted by molar-refractivity contribution is 5.91. The molecule has 0 aromatic heterocycles. The first-order valence-corrected chi connectivity index (χ1v) is 7.93. The third-order valence-corrected chi connectivity index (χ3v) is 3.89. The summed E-state index contributed by atoms with van der Waals surface area (Å²) >= 11 is 0. The first-order chi connectivity index (χ1) is 12.2. The topological polar surface area (TPSA) is 78.9 Å². The number of aliphatic carboxylic acids is 1. The number of rotatable bonds is 5. The maximum absolute atomic E-state index is 13.3. The standard InChI is InChI=1S/C16H18F4N2O4/c17-11-3-4-12(13(8-11)26-7-5-16(18,19)20)21-15(25)22-6-1-2-10(9-22)14(23)24/h3-4,8,10H,1-2,5-7,9H2,(H,21,25)(H,23,24). The molecule has 1 atom stereocenters. The van der Waals surface area contributed by atoms with E-state index in [4.69, 9.17) is 9.84 Å². The first kappa shape index (κ1) is 19.8. The number of carboxylic acid groups (broad SMARTS) is 1. The smallest absolute Gasteiger partial charge is 0.392 e. The number of amides is 2. The Bertz CT molecular complexity index is 666. The largest absolute Gasteiger partial charge is 0.491 e. The van der Waals surface area contributed by atoms with Crippen molar-refractivity contribution < 1.29 is 37.0 Å². The minimum Gasteiger partial charge on any atom is -0.491 e. The molecule has 0 spiro atoms. The second-order valence-corrected chi connectivity index (χ2v) is 5.91. The second-order valence-electron chi connectivity index (χ2n) is 5.91. The van der Waals surface area contributed by atoms with E-state index in [1.165, 1.54) is 11.0 Å². The highest BCUT2D eigenvalue weighted by atomic mass is 19.4. The van der Waals surface area contributed by atoms with Crippen molar-refractivity contribution in [2.24, 2.45) is 5.92 Å². The number of hydrogen-bond acceptors (Lipinski definition) is 3. The van der Waals surface area contributed by atoms with Gasteiger partial charge < -0.3 is 20.1 Å². The van der Waals surface area contributed by atoms with E-state index in [2.05, 4.69) is 5.32 Å². The van der Waals surface area contributed by atoms with Gasteiger partial charge in [-0.1, -0.05) is 0 Å². The van der Waals surface area contributed by atoms with E-state index in [-0.39, 0.29) is 18.0 Å². The average Bonchev–Trinajstić information content (AvgIpc) is 2.56. The average molecular weight is 378 g/mol. The van der Waals surface area contributed by atoms with Gasteiger partial charge in [-0.25, -0.2) is 9.18 Å². The van der Waals surface area contributed by atoms with Gasteiger partial charge in [-0.2, -0.15) is 13.2 Å². The van der Waals surface area contributed by atoms with Gasteiger partial charge >= 0.3 is 18.2 Å². The van der Waals surface area contributed by atoms with Crippen LogP contribution in [0.1, 0.15) is 19.3 Å². The zero-order chi connectivity index (χ0) is 19.3. The molecule has 1 aliphatic rings. The maximum Gasteiger partial charge on any atom is 0.392 e. The highest BCUT2D eigenvalue weighted by Crippen LogP contribution is 2.28. The van der Waals surface area contributed by atoms with E-state index < -0.39 is 42.9 Å². The number of nitrogens with zero attached hydrogens (tertiary/aromatic N) is 1. The second kappa shape index (κ2) is 8.24. The molecule has 1 unspecified atom stereocenters. The number of anilines is 1. The Balaban J connectivity index is 2.03. The molecular weight excluding hydrogens is 360 g/mol. The van der Waals surface area contributed by atoms with Crippen LogP contribution in [0, 0.1) is 11.7 Å². The van der Waals surface area contributed by atoms with E-state index in [1.807, 2.05) is 0 Å². The fourth-order valence-electron chi connectivity index (χ4n) is 2.55. The molecule has 0 radical (unpaired) electrons. The number of ether oxygens (including phenoxy) is 1. The molecule has 144 valence electrons. The minimum absolute atomic E-state index is 0.0102. The highest BCUT2D eigenvalue weighted by Gasteiger charge is 2.29. The van der Waals surface area contributed by atoms with Gasteiger partial charge in [-0.3, -0.25) is 4.79 Å². The summed E-state index contributed by atoms with van der Waals surface area (Å²) in [5.41, 5.74) is 0.0102. The van der Waals surface area contributed by atoms with Gasteiger partial charge in [0.05, 0.1) is 24.6 Å². The lowest BCUT2D eigenvalue weighted by molar-refractivity contribution is -0.143. The Morgan fingerprint density at radius 2 is 2.08 bits per heavy atom. The number of hydrogen-bond donors (Lipinski definition) is 2. The number of piperidine rings is 1. The van der Waals surface area contributed by atoms with Crippen molar-refractivity contribution in [2.45, 2.75) is 25.4 Å². The normalized spacial score (nSPS) is 17.7. The van der Waals surface area contributed by atoms with E-state index in [9.17, 15) is 27.2 Å². The zero-order valence-corrected chi connectivity index (χ0v) is 13.7. The molecule has 1 aromatic rings. The molecule has 0 bridgehead atoms. The summed E-state index contributed by atoms with van der Waals surface area (Å²) in [5, 5.41) is 11.5. The molecule has 0 aliphatic carbocycles. The van der Waals surface area contributed by atoms with Crippen LogP contribution in [0.2, 0.25) is 0 Å². The summed E-state index contributed by atoms with van der Waals surface area (Å²) in [4.78, 5) is 24.7. The predicted octanol–water partition coefficient (Wildman–Crippen LogP) is 3.49. The number of urea groups is 1. The quantitative estimate of drug-likeness (QED) is 0.769. The molecule has 26 heavy (non-hydrogen) atoms. The fraction of sp³-hybridized carbons (Fsp3) is 0.500. The molecule has 2 amide bonds. The molecule has 1 aromatic carbocycles. The number of carbonyl (C=O) groups is 2. The summed E-state index contributed by atoms with van der Waals surface area (Å²) < 4.78 is 54.9. The van der Waals surface area contributed by atoms with Crippen LogP contribution in [-0.2, 0) is 4.79 Å². The lowest BCUT2D eigenvalue weighted by Gasteiger charge is -2.30. The van der Waals surface area contributed by atoms with Gasteiger partial charge in [0.1, 0.15) is 11.6 Å². The maximum atomic E-state index is 13.3. The van der Waals surface area contributed by atoms with Crippen LogP contribution in [0.4, 0.5) is 28.0 Å². The Hall–Kier alpha value is -2.52. The van der Waals surface area contributed by atoms with Gasteiger partial charge in [-0.05, 0) is 25.0 Å². The van der Waals surface area contributed by atoms with E-state index in [1.54, 1.807) is 0 Å².